The van der Waals surface area contributed by atoms with Crippen LogP contribution in [0.1, 0.15) is 37.0 Å². The molecule has 1 unspecified atom stereocenters. The van der Waals surface area contributed by atoms with Gasteiger partial charge in [-0.2, -0.15) is 0 Å². The zero-order valence-corrected chi connectivity index (χ0v) is 13.0. The Morgan fingerprint density at radius 2 is 2.00 bits per heavy atom. The Kier molecular flexibility index (Phi) is 4.03. The van der Waals surface area contributed by atoms with Gasteiger partial charge in [0.15, 0.2) is 0 Å². The summed E-state index contributed by atoms with van der Waals surface area (Å²) >= 11 is 0. The minimum Gasteiger partial charge on any atom is -0.389 e. The van der Waals surface area contributed by atoms with E-state index >= 15 is 0 Å². The van der Waals surface area contributed by atoms with Crippen LogP contribution in [0.5, 0.6) is 0 Å². The normalized spacial score (nSPS) is 35.4. The first kappa shape index (κ1) is 14.5. The van der Waals surface area contributed by atoms with E-state index in [-0.39, 0.29) is 0 Å². The zero-order valence-electron chi connectivity index (χ0n) is 13.0. The van der Waals surface area contributed by atoms with Crippen molar-refractivity contribution in [3.8, 4) is 0 Å². The molecule has 0 spiro atoms. The van der Waals surface area contributed by atoms with Crippen LogP contribution in [0.4, 0.5) is 0 Å². The molecular formula is C17H28NO+. The maximum Gasteiger partial charge on any atom is 0.0872 e. The Balaban J connectivity index is 2.20. The van der Waals surface area contributed by atoms with Gasteiger partial charge < -0.3 is 10.0 Å². The van der Waals surface area contributed by atoms with E-state index in [9.17, 15) is 5.11 Å². The van der Waals surface area contributed by atoms with Crippen LogP contribution in [0.15, 0.2) is 18.2 Å². The topological polar surface area (TPSA) is 24.7 Å². The molecule has 1 aliphatic heterocycles. The number of piperidine rings is 1. The van der Waals surface area contributed by atoms with Gasteiger partial charge in [-0.05, 0) is 31.9 Å². The van der Waals surface area contributed by atoms with Crippen molar-refractivity contribution in [1.29, 1.82) is 0 Å². The second-order valence-electron chi connectivity index (χ2n) is 6.77. The number of rotatable bonds is 2. The molecule has 0 bridgehead atoms. The summed E-state index contributed by atoms with van der Waals surface area (Å²) in [6, 6.07) is 7.09. The third kappa shape index (κ3) is 3.01. The lowest BCUT2D eigenvalue weighted by Crippen LogP contribution is -3.15. The standard InChI is InChI=1S/C17H27NO/c1-12-6-7-16(13(2)8-12)10-17(19)9-15(4)18(5)11-14(17)3/h6-8,14-15,19H,9-11H2,1-5H3/p+1/t14-,15+,17-/m0/s1. The second kappa shape index (κ2) is 5.26. The Morgan fingerprint density at radius 1 is 1.32 bits per heavy atom. The van der Waals surface area contributed by atoms with Crippen molar-refractivity contribution < 1.29 is 10.0 Å². The summed E-state index contributed by atoms with van der Waals surface area (Å²) in [6.07, 6.45) is 1.69. The molecule has 4 atom stereocenters. The summed E-state index contributed by atoms with van der Waals surface area (Å²) in [6.45, 7) is 9.77. The van der Waals surface area contributed by atoms with Gasteiger partial charge in [-0.1, -0.05) is 30.7 Å². The van der Waals surface area contributed by atoms with Crippen LogP contribution in [-0.4, -0.2) is 30.3 Å². The van der Waals surface area contributed by atoms with Crippen molar-refractivity contribution in [2.45, 2.75) is 52.2 Å². The number of aliphatic hydroxyl groups is 1. The van der Waals surface area contributed by atoms with E-state index in [2.05, 4.69) is 52.9 Å². The predicted molar refractivity (Wildman–Crippen MR) is 79.6 cm³/mol. The van der Waals surface area contributed by atoms with Crippen LogP contribution in [0.3, 0.4) is 0 Å². The Morgan fingerprint density at radius 3 is 2.63 bits per heavy atom. The van der Waals surface area contributed by atoms with Gasteiger partial charge in [-0.15, -0.1) is 0 Å². The summed E-state index contributed by atoms with van der Waals surface area (Å²) in [7, 11) is 2.23. The molecular weight excluding hydrogens is 234 g/mol. The van der Waals surface area contributed by atoms with Gasteiger partial charge in [0.1, 0.15) is 0 Å². The van der Waals surface area contributed by atoms with Gasteiger partial charge in [0.25, 0.3) is 0 Å². The third-order valence-corrected chi connectivity index (χ3v) is 5.04. The molecule has 2 N–H and O–H groups in total. The fourth-order valence-electron chi connectivity index (χ4n) is 3.40. The minimum atomic E-state index is -0.543. The molecule has 1 aliphatic rings. The van der Waals surface area contributed by atoms with E-state index < -0.39 is 5.60 Å². The number of nitrogens with one attached hydrogen (secondary N) is 1. The molecule has 0 radical (unpaired) electrons. The molecule has 19 heavy (non-hydrogen) atoms. The highest BCUT2D eigenvalue weighted by molar-refractivity contribution is 5.31. The Bertz CT molecular complexity index is 457. The van der Waals surface area contributed by atoms with Gasteiger partial charge in [0.05, 0.1) is 25.2 Å². The highest BCUT2D eigenvalue weighted by atomic mass is 16.3. The molecule has 0 saturated carbocycles. The van der Waals surface area contributed by atoms with Crippen molar-refractivity contribution in [3.05, 3.63) is 34.9 Å². The van der Waals surface area contributed by atoms with E-state index in [0.717, 1.165) is 19.4 Å². The zero-order chi connectivity index (χ0) is 14.2. The maximum absolute atomic E-state index is 11.1. The summed E-state index contributed by atoms with van der Waals surface area (Å²) in [5, 5.41) is 11.1. The second-order valence-corrected chi connectivity index (χ2v) is 6.77. The molecule has 1 fully saturated rings. The summed E-state index contributed by atoms with van der Waals surface area (Å²) in [5.41, 5.74) is 3.35. The summed E-state index contributed by atoms with van der Waals surface area (Å²) in [5.74, 6) is 0.351. The first-order chi connectivity index (χ1) is 8.82. The van der Waals surface area contributed by atoms with Crippen LogP contribution >= 0.6 is 0 Å². The van der Waals surface area contributed by atoms with Gasteiger partial charge in [0, 0.05) is 18.8 Å². The van der Waals surface area contributed by atoms with Crippen LogP contribution in [-0.2, 0) is 6.42 Å². The van der Waals surface area contributed by atoms with Gasteiger partial charge in [-0.25, -0.2) is 0 Å². The van der Waals surface area contributed by atoms with Crippen LogP contribution in [0, 0.1) is 19.8 Å². The smallest absolute Gasteiger partial charge is 0.0872 e. The van der Waals surface area contributed by atoms with E-state index in [1.165, 1.54) is 21.6 Å². The molecule has 1 aromatic carbocycles. The van der Waals surface area contributed by atoms with Gasteiger partial charge >= 0.3 is 0 Å². The van der Waals surface area contributed by atoms with Crippen molar-refractivity contribution in [2.24, 2.45) is 5.92 Å². The largest absolute Gasteiger partial charge is 0.389 e. The number of hydrogen-bond donors (Lipinski definition) is 2. The van der Waals surface area contributed by atoms with E-state index in [1.54, 1.807) is 0 Å². The molecule has 106 valence electrons. The molecule has 1 saturated heterocycles. The molecule has 0 aliphatic carbocycles. The summed E-state index contributed by atoms with van der Waals surface area (Å²) in [4.78, 5) is 1.54. The van der Waals surface area contributed by atoms with Gasteiger partial charge in [0.2, 0.25) is 0 Å². The first-order valence-corrected chi connectivity index (χ1v) is 7.42. The molecule has 0 aromatic heterocycles. The van der Waals surface area contributed by atoms with Crippen LogP contribution in [0.25, 0.3) is 0 Å². The lowest BCUT2D eigenvalue weighted by molar-refractivity contribution is -0.916. The maximum atomic E-state index is 11.1. The number of aryl methyl sites for hydroxylation is 2. The predicted octanol–water partition coefficient (Wildman–Crippen LogP) is 1.52. The minimum absolute atomic E-state index is 0.351. The van der Waals surface area contributed by atoms with Crippen molar-refractivity contribution >= 4 is 0 Å². The molecule has 2 rings (SSSR count). The quantitative estimate of drug-likeness (QED) is 0.830. The van der Waals surface area contributed by atoms with E-state index in [0.29, 0.717) is 12.0 Å². The highest BCUT2D eigenvalue weighted by Crippen LogP contribution is 2.30. The monoisotopic (exact) mass is 262 g/mol. The van der Waals surface area contributed by atoms with Crippen molar-refractivity contribution in [1.82, 2.24) is 0 Å². The fourth-order valence-corrected chi connectivity index (χ4v) is 3.40. The number of quaternary nitrogens is 1. The van der Waals surface area contributed by atoms with E-state index in [4.69, 9.17) is 0 Å². The Hall–Kier alpha value is -0.860. The SMILES string of the molecule is Cc1ccc(C[C@@]2(O)C[C@@H](C)[NH+](C)C[C@@H]2C)c(C)c1. The fraction of sp³-hybridized carbons (Fsp3) is 0.647. The Labute approximate surface area is 117 Å². The number of likely N-dealkylation sites (tertiary alicyclic amines) is 1. The van der Waals surface area contributed by atoms with E-state index in [1.807, 2.05) is 0 Å². The lowest BCUT2D eigenvalue weighted by atomic mass is 9.75. The molecule has 2 heteroatoms. The number of benzene rings is 1. The van der Waals surface area contributed by atoms with Crippen molar-refractivity contribution in [2.75, 3.05) is 13.6 Å². The molecule has 0 amide bonds. The molecule has 2 nitrogen and oxygen atoms in total. The van der Waals surface area contributed by atoms with Crippen LogP contribution < -0.4 is 4.90 Å². The first-order valence-electron chi connectivity index (χ1n) is 7.42. The lowest BCUT2D eigenvalue weighted by Gasteiger charge is -2.43. The molecule has 1 heterocycles. The third-order valence-electron chi connectivity index (χ3n) is 5.04. The molecule has 1 aromatic rings. The van der Waals surface area contributed by atoms with Gasteiger partial charge in [-0.3, -0.25) is 0 Å². The average Bonchev–Trinajstić information content (AvgIpc) is 2.31. The number of hydrogen-bond acceptors (Lipinski definition) is 1. The summed E-state index contributed by atoms with van der Waals surface area (Å²) < 4.78 is 0. The van der Waals surface area contributed by atoms with Crippen molar-refractivity contribution in [3.63, 3.8) is 0 Å². The highest BCUT2D eigenvalue weighted by Gasteiger charge is 2.43. The van der Waals surface area contributed by atoms with Crippen LogP contribution in [0.2, 0.25) is 0 Å². The average molecular weight is 262 g/mol.